The monoisotopic (exact) mass is 592 g/mol. The van der Waals surface area contributed by atoms with E-state index in [0.717, 1.165) is 13.0 Å². The average Bonchev–Trinajstić information content (AvgIpc) is 3.16. The van der Waals surface area contributed by atoms with E-state index in [-0.39, 0.29) is 12.5 Å². The largest absolute Gasteiger partial charge is 0.494 e. The van der Waals surface area contributed by atoms with Crippen molar-refractivity contribution in [3.05, 3.63) is 52.0 Å². The molecule has 2 aliphatic rings. The van der Waals surface area contributed by atoms with E-state index < -0.39 is 20.3 Å². The van der Waals surface area contributed by atoms with Gasteiger partial charge in [0.05, 0.1) is 31.1 Å². The van der Waals surface area contributed by atoms with E-state index in [1.165, 1.54) is 46.6 Å². The number of hydrogen-bond donors (Lipinski definition) is 0. The number of carbonyl (C=O) groups is 1. The van der Waals surface area contributed by atoms with Gasteiger partial charge < -0.3 is 24.0 Å². The summed E-state index contributed by atoms with van der Waals surface area (Å²) >= 11 is 6.72. The summed E-state index contributed by atoms with van der Waals surface area (Å²) in [6.45, 7) is 7.65. The molecular weight excluding hydrogens is 552 g/mol. The molecule has 0 spiro atoms. The summed E-state index contributed by atoms with van der Waals surface area (Å²) in [5.74, 6) is 1.20. The number of halogens is 1. The number of rotatable bonds is 10. The highest BCUT2D eigenvalue weighted by Gasteiger charge is 2.38. The van der Waals surface area contributed by atoms with Gasteiger partial charge in [0, 0.05) is 25.2 Å². The number of benzene rings is 2. The zero-order valence-electron chi connectivity index (χ0n) is 23.9. The van der Waals surface area contributed by atoms with Gasteiger partial charge in [0.25, 0.3) is 5.91 Å². The zero-order chi connectivity index (χ0) is 28.9. The first-order chi connectivity index (χ1) is 19.2. The standard InChI is InChI=1S/C30H41ClN2O6S/c1-21(2)40(35,36)27-20-33(17-13-24-25(27)19-26(37-3)29(38-4)28(24)31)30(34)22-9-11-23(12-10-22)39-18-8-16-32-14-6-5-7-15-32/h9-12,19,21,27H,5-8,13-18,20H2,1-4H3. The Morgan fingerprint density at radius 1 is 1.05 bits per heavy atom. The molecule has 0 N–H and O–H groups in total. The second-order valence-corrected chi connectivity index (χ2v) is 13.8. The minimum Gasteiger partial charge on any atom is -0.494 e. The van der Waals surface area contributed by atoms with Crippen LogP contribution in [0, 0.1) is 0 Å². The van der Waals surface area contributed by atoms with Gasteiger partial charge in [0.2, 0.25) is 0 Å². The Hall–Kier alpha value is -2.49. The lowest BCUT2D eigenvalue weighted by molar-refractivity contribution is 0.0761. The van der Waals surface area contributed by atoms with Gasteiger partial charge in [-0.15, -0.1) is 0 Å². The normalized spacial score (nSPS) is 18.2. The van der Waals surface area contributed by atoms with Gasteiger partial charge in [0.1, 0.15) is 11.0 Å². The highest BCUT2D eigenvalue weighted by Crippen LogP contribution is 2.45. The first-order valence-electron chi connectivity index (χ1n) is 14.1. The lowest BCUT2D eigenvalue weighted by Crippen LogP contribution is -2.38. The van der Waals surface area contributed by atoms with Crippen LogP contribution >= 0.6 is 11.6 Å². The number of piperidine rings is 1. The molecule has 1 fully saturated rings. The molecule has 220 valence electrons. The van der Waals surface area contributed by atoms with Gasteiger partial charge in [-0.2, -0.15) is 0 Å². The summed E-state index contributed by atoms with van der Waals surface area (Å²) in [7, 11) is -0.666. The van der Waals surface area contributed by atoms with Crippen molar-refractivity contribution in [2.75, 3.05) is 53.6 Å². The number of hydrogen-bond acceptors (Lipinski definition) is 7. The summed E-state index contributed by atoms with van der Waals surface area (Å²) in [5, 5.41) is -1.27. The van der Waals surface area contributed by atoms with E-state index in [1.54, 1.807) is 49.1 Å². The number of fused-ring (bicyclic) bond motifs is 1. The van der Waals surface area contributed by atoms with Gasteiger partial charge in [0.15, 0.2) is 21.3 Å². The fourth-order valence-electron chi connectivity index (χ4n) is 5.52. The molecule has 8 nitrogen and oxygen atoms in total. The third-order valence-corrected chi connectivity index (χ3v) is 10.8. The van der Waals surface area contributed by atoms with Crippen LogP contribution in [0.5, 0.6) is 17.2 Å². The molecule has 1 saturated heterocycles. The molecule has 2 heterocycles. The van der Waals surface area contributed by atoms with Crippen molar-refractivity contribution < 1.29 is 27.4 Å². The number of methoxy groups -OCH3 is 2. The van der Waals surface area contributed by atoms with E-state index in [1.807, 2.05) is 0 Å². The predicted octanol–water partition coefficient (Wildman–Crippen LogP) is 5.17. The van der Waals surface area contributed by atoms with Crippen LogP contribution in [0.3, 0.4) is 0 Å². The van der Waals surface area contributed by atoms with Crippen molar-refractivity contribution in [2.45, 2.75) is 56.5 Å². The number of amides is 1. The third-order valence-electron chi connectivity index (χ3n) is 7.89. The first-order valence-corrected chi connectivity index (χ1v) is 16.1. The molecule has 0 radical (unpaired) electrons. The van der Waals surface area contributed by atoms with Crippen molar-refractivity contribution in [3.63, 3.8) is 0 Å². The van der Waals surface area contributed by atoms with Crippen LogP contribution in [-0.4, -0.2) is 82.9 Å². The summed E-state index contributed by atoms with van der Waals surface area (Å²) in [5.41, 5.74) is 1.70. The first kappa shape index (κ1) is 30.5. The lowest BCUT2D eigenvalue weighted by Gasteiger charge is -2.27. The van der Waals surface area contributed by atoms with E-state index in [9.17, 15) is 13.2 Å². The average molecular weight is 593 g/mol. The van der Waals surface area contributed by atoms with Crippen molar-refractivity contribution in [2.24, 2.45) is 0 Å². The molecule has 40 heavy (non-hydrogen) atoms. The summed E-state index contributed by atoms with van der Waals surface area (Å²) in [6, 6.07) is 8.78. The van der Waals surface area contributed by atoms with Gasteiger partial charge >= 0.3 is 0 Å². The number of nitrogens with zero attached hydrogens (tertiary/aromatic N) is 2. The predicted molar refractivity (Wildman–Crippen MR) is 158 cm³/mol. The Balaban J connectivity index is 1.50. The van der Waals surface area contributed by atoms with E-state index >= 15 is 0 Å². The van der Waals surface area contributed by atoms with Crippen LogP contribution in [0.15, 0.2) is 30.3 Å². The summed E-state index contributed by atoms with van der Waals surface area (Å²) < 4.78 is 44.0. The van der Waals surface area contributed by atoms with Gasteiger partial charge in [-0.1, -0.05) is 18.0 Å². The SMILES string of the molecule is COc1cc2c(c(Cl)c1OC)CCN(C(=O)c1ccc(OCCCN3CCCCC3)cc1)CC2S(=O)(=O)C(C)C. The van der Waals surface area contributed by atoms with Crippen LogP contribution in [-0.2, 0) is 16.3 Å². The maximum Gasteiger partial charge on any atom is 0.253 e. The van der Waals surface area contributed by atoms with Crippen molar-refractivity contribution in [3.8, 4) is 17.2 Å². The van der Waals surface area contributed by atoms with Gasteiger partial charge in [-0.25, -0.2) is 8.42 Å². The Morgan fingerprint density at radius 2 is 1.75 bits per heavy atom. The third kappa shape index (κ3) is 6.69. The van der Waals surface area contributed by atoms with Crippen LogP contribution in [0.4, 0.5) is 0 Å². The number of likely N-dealkylation sites (tertiary alicyclic amines) is 1. The van der Waals surface area contributed by atoms with Gasteiger partial charge in [-0.05, 0) is 94.1 Å². The van der Waals surface area contributed by atoms with Crippen LogP contribution in [0.25, 0.3) is 0 Å². The molecule has 10 heteroatoms. The van der Waals surface area contributed by atoms with Crippen molar-refractivity contribution in [1.29, 1.82) is 0 Å². The fourth-order valence-corrected chi connectivity index (χ4v) is 7.50. The van der Waals surface area contributed by atoms with Crippen molar-refractivity contribution in [1.82, 2.24) is 9.80 Å². The zero-order valence-corrected chi connectivity index (χ0v) is 25.5. The van der Waals surface area contributed by atoms with Gasteiger partial charge in [-0.3, -0.25) is 4.79 Å². The number of carbonyl (C=O) groups excluding carboxylic acids is 1. The summed E-state index contributed by atoms with van der Waals surface area (Å²) in [6.07, 6.45) is 5.23. The molecule has 0 aliphatic carbocycles. The van der Waals surface area contributed by atoms with E-state index in [0.29, 0.717) is 58.5 Å². The second kappa shape index (κ2) is 13.4. The molecule has 0 bridgehead atoms. The smallest absolute Gasteiger partial charge is 0.253 e. The topological polar surface area (TPSA) is 85.4 Å². The fraction of sp³-hybridized carbons (Fsp3) is 0.567. The summed E-state index contributed by atoms with van der Waals surface area (Å²) in [4.78, 5) is 17.7. The Bertz CT molecular complexity index is 1280. The Morgan fingerprint density at radius 3 is 2.38 bits per heavy atom. The molecule has 4 rings (SSSR count). The number of sulfone groups is 1. The minimum absolute atomic E-state index is 0.0207. The minimum atomic E-state index is -3.65. The Labute approximate surface area is 243 Å². The highest BCUT2D eigenvalue weighted by molar-refractivity contribution is 7.92. The molecular formula is C30H41ClN2O6S. The van der Waals surface area contributed by atoms with Crippen LogP contribution in [0.1, 0.15) is 66.3 Å². The molecule has 1 atom stereocenters. The maximum atomic E-state index is 13.6. The van der Waals surface area contributed by atoms with E-state index in [4.69, 9.17) is 25.8 Å². The molecule has 0 saturated carbocycles. The molecule has 2 aromatic carbocycles. The quantitative estimate of drug-likeness (QED) is 0.352. The lowest BCUT2D eigenvalue weighted by atomic mass is 10.0. The molecule has 2 aromatic rings. The number of ether oxygens (including phenoxy) is 3. The molecule has 0 aromatic heterocycles. The van der Waals surface area contributed by atoms with E-state index in [2.05, 4.69) is 4.90 Å². The maximum absolute atomic E-state index is 13.6. The van der Waals surface area contributed by atoms with Crippen LogP contribution < -0.4 is 14.2 Å². The molecule has 1 amide bonds. The second-order valence-electron chi connectivity index (χ2n) is 10.8. The highest BCUT2D eigenvalue weighted by atomic mass is 35.5. The molecule has 2 aliphatic heterocycles. The van der Waals surface area contributed by atoms with Crippen molar-refractivity contribution >= 4 is 27.3 Å². The Kier molecular flexibility index (Phi) is 10.2. The van der Waals surface area contributed by atoms with Crippen LogP contribution in [0.2, 0.25) is 5.02 Å². The molecule has 1 unspecified atom stereocenters.